The summed E-state index contributed by atoms with van der Waals surface area (Å²) in [5.41, 5.74) is 0.186. The molecule has 40 heavy (non-hydrogen) atoms. The number of benzene rings is 2. The first kappa shape index (κ1) is 27.2. The Kier molecular flexibility index (Phi) is 6.17. The van der Waals surface area contributed by atoms with Gasteiger partial charge in [0.05, 0.1) is 29.2 Å². The summed E-state index contributed by atoms with van der Waals surface area (Å²) in [6.45, 7) is 0. The number of nitrogens with two attached hydrogens (primary N) is 1. The summed E-state index contributed by atoms with van der Waals surface area (Å²) in [6.07, 6.45) is -0.671. The molecule has 2 aromatic carbocycles. The number of carbonyl (C=O) groups excluding carboxylic acids is 3. The Labute approximate surface area is 225 Å². The lowest BCUT2D eigenvalue weighted by Crippen LogP contribution is -2.68. The number of nitrogens with zero attached hydrogens (tertiary/aromatic N) is 1. The van der Waals surface area contributed by atoms with Crippen molar-refractivity contribution in [1.82, 2.24) is 4.90 Å². The van der Waals surface area contributed by atoms with Crippen LogP contribution >= 0.6 is 0 Å². The number of aliphatic hydroxyl groups excluding tert-OH is 3. The third-order valence-electron chi connectivity index (χ3n) is 7.74. The molecule has 3 aliphatic rings. The summed E-state index contributed by atoms with van der Waals surface area (Å²) in [4.78, 5) is 40.6. The predicted molar refractivity (Wildman–Crippen MR) is 136 cm³/mol. The molecule has 0 saturated heterocycles. The molecule has 5 atom stereocenters. The van der Waals surface area contributed by atoms with Crippen LogP contribution in [0.5, 0.6) is 5.75 Å². The van der Waals surface area contributed by atoms with Crippen molar-refractivity contribution in [2.24, 2.45) is 17.6 Å². The fourth-order valence-electron chi connectivity index (χ4n) is 6.15. The summed E-state index contributed by atoms with van der Waals surface area (Å²) in [6, 6.07) is 5.10. The second-order valence-electron chi connectivity index (χ2n) is 10.2. The number of primary amides is 1. The molecule has 0 saturated carbocycles. The second kappa shape index (κ2) is 9.08. The zero-order chi connectivity index (χ0) is 29.4. The van der Waals surface area contributed by atoms with Gasteiger partial charge in [-0.1, -0.05) is 18.2 Å². The topological polar surface area (TPSA) is 182 Å². The van der Waals surface area contributed by atoms with E-state index < -0.39 is 87.1 Å². The molecule has 3 aliphatic carbocycles. The minimum Gasteiger partial charge on any atom is -0.510 e. The van der Waals surface area contributed by atoms with Crippen LogP contribution in [-0.2, 0) is 9.59 Å². The molecule has 1 amide bonds. The lowest BCUT2D eigenvalue weighted by molar-refractivity contribution is -0.159. The number of hydrogen-bond donors (Lipinski definition) is 6. The highest BCUT2D eigenvalue weighted by atomic mass is 19.1. The number of fused-ring (bicyclic) bond motifs is 3. The van der Waals surface area contributed by atoms with E-state index in [1.165, 1.54) is 43.3 Å². The highest BCUT2D eigenvalue weighted by molar-refractivity contribution is 6.25. The predicted octanol–water partition coefficient (Wildman–Crippen LogP) is 1.37. The number of hydrogen-bond acceptors (Lipinski definition) is 9. The number of phenolic OH excluding ortho intramolecular Hbond substituents is 1. The average Bonchev–Trinajstić information content (AvgIpc) is 2.84. The summed E-state index contributed by atoms with van der Waals surface area (Å²) in [7, 11) is 2.81. The molecule has 12 heteroatoms. The van der Waals surface area contributed by atoms with Crippen LogP contribution in [0.25, 0.3) is 11.6 Å². The van der Waals surface area contributed by atoms with Gasteiger partial charge < -0.3 is 31.3 Å². The van der Waals surface area contributed by atoms with E-state index >= 15 is 0 Å². The van der Waals surface area contributed by atoms with Crippen molar-refractivity contribution < 1.29 is 48.7 Å². The van der Waals surface area contributed by atoms with Gasteiger partial charge in [-0.2, -0.15) is 0 Å². The Bertz CT molecular complexity index is 1590. The number of halogens is 2. The van der Waals surface area contributed by atoms with Crippen LogP contribution < -0.4 is 5.73 Å². The van der Waals surface area contributed by atoms with Crippen LogP contribution in [0.1, 0.15) is 21.5 Å². The van der Waals surface area contributed by atoms with Gasteiger partial charge >= 0.3 is 0 Å². The quantitative estimate of drug-likeness (QED) is 0.305. The molecule has 0 radical (unpaired) electrons. The van der Waals surface area contributed by atoms with Gasteiger partial charge in [-0.3, -0.25) is 19.3 Å². The van der Waals surface area contributed by atoms with Gasteiger partial charge in [-0.25, -0.2) is 8.78 Å². The van der Waals surface area contributed by atoms with Crippen LogP contribution in [-0.4, -0.2) is 79.7 Å². The first-order valence-electron chi connectivity index (χ1n) is 12.0. The number of carbonyl (C=O) groups is 3. The summed E-state index contributed by atoms with van der Waals surface area (Å²) in [5, 5.41) is 56.5. The van der Waals surface area contributed by atoms with E-state index in [0.29, 0.717) is 6.07 Å². The Balaban J connectivity index is 1.88. The molecule has 0 bridgehead atoms. The van der Waals surface area contributed by atoms with Crippen molar-refractivity contribution in [3.05, 3.63) is 87.4 Å². The third kappa shape index (κ3) is 3.60. The van der Waals surface area contributed by atoms with Crippen LogP contribution in [0.3, 0.4) is 0 Å². The molecule has 0 aliphatic heterocycles. The number of Topliss-reactive ketones (excluding diaryl/α,β-unsaturated/α-hetero) is 2. The van der Waals surface area contributed by atoms with E-state index in [1.54, 1.807) is 0 Å². The molecule has 2 aromatic rings. The molecule has 7 N–H and O–H groups in total. The van der Waals surface area contributed by atoms with E-state index in [9.17, 15) is 48.7 Å². The van der Waals surface area contributed by atoms with Crippen molar-refractivity contribution in [1.29, 1.82) is 0 Å². The van der Waals surface area contributed by atoms with Crippen molar-refractivity contribution in [3.8, 4) is 5.75 Å². The van der Waals surface area contributed by atoms with Crippen molar-refractivity contribution in [2.75, 3.05) is 14.1 Å². The maximum atomic E-state index is 14.1. The monoisotopic (exact) mass is 554 g/mol. The highest BCUT2D eigenvalue weighted by Crippen LogP contribution is 2.55. The smallest absolute Gasteiger partial charge is 0.255 e. The van der Waals surface area contributed by atoms with Crippen LogP contribution in [0.2, 0.25) is 0 Å². The molecular formula is C28H24F2N2O8. The van der Waals surface area contributed by atoms with Gasteiger partial charge in [0.15, 0.2) is 11.4 Å². The van der Waals surface area contributed by atoms with Crippen molar-refractivity contribution in [3.63, 3.8) is 0 Å². The van der Waals surface area contributed by atoms with E-state index in [0.717, 1.165) is 12.1 Å². The van der Waals surface area contributed by atoms with Gasteiger partial charge in [-0.05, 0) is 49.0 Å². The van der Waals surface area contributed by atoms with Gasteiger partial charge in [0.25, 0.3) is 5.91 Å². The van der Waals surface area contributed by atoms with Gasteiger partial charge in [-0.15, -0.1) is 0 Å². The number of likely N-dealkylation sites (N-methyl/N-ethyl adjacent to an activating group) is 1. The number of aromatic hydroxyl groups is 1. The molecule has 0 spiro atoms. The number of ketones is 2. The summed E-state index contributed by atoms with van der Waals surface area (Å²) in [5.74, 6) is -11.7. The number of rotatable bonds is 3. The van der Waals surface area contributed by atoms with E-state index in [2.05, 4.69) is 0 Å². The molecule has 0 unspecified atom stereocenters. The number of aliphatic hydroxyl groups is 4. The Morgan fingerprint density at radius 3 is 2.27 bits per heavy atom. The Morgan fingerprint density at radius 2 is 1.70 bits per heavy atom. The largest absolute Gasteiger partial charge is 0.510 e. The Hall–Kier alpha value is -4.39. The molecular weight excluding hydrogens is 530 g/mol. The molecule has 208 valence electrons. The zero-order valence-electron chi connectivity index (χ0n) is 21.1. The maximum Gasteiger partial charge on any atom is 0.255 e. The van der Waals surface area contributed by atoms with Crippen LogP contribution in [0.15, 0.2) is 59.1 Å². The number of amides is 1. The number of phenols is 1. The van der Waals surface area contributed by atoms with Gasteiger partial charge in [0.2, 0.25) is 5.78 Å². The maximum absolute atomic E-state index is 14.1. The standard InChI is InChI=1S/C28H24F2N2O8/c1-32(2)21-20-23(35)17-14(8-10-6-11(29)9-12(30)7-10)13-4-3-5-15(33)16(13)22(34)18(17)25(37)28(20,40)26(38)19(24(21)36)27(31)39/h3-9,17,20-21,23,33,35-37,40H,1-2H3,(H2,31,39)/b14-8+/t17-,20-,21-,23+,28-/m0/s1. The minimum absolute atomic E-state index is 0.0146. The zero-order valence-corrected chi connectivity index (χ0v) is 21.1. The lowest BCUT2D eigenvalue weighted by Gasteiger charge is -2.52. The minimum atomic E-state index is -3.09. The third-order valence-corrected chi connectivity index (χ3v) is 7.74. The molecule has 0 heterocycles. The summed E-state index contributed by atoms with van der Waals surface area (Å²) < 4.78 is 28.1. The fraction of sp³-hybridized carbons (Fsp3) is 0.250. The van der Waals surface area contributed by atoms with E-state index in [-0.39, 0.29) is 22.3 Å². The second-order valence-corrected chi connectivity index (χ2v) is 10.2. The van der Waals surface area contributed by atoms with Crippen molar-refractivity contribution in [2.45, 2.75) is 17.7 Å². The van der Waals surface area contributed by atoms with E-state index in [4.69, 9.17) is 5.73 Å². The normalized spacial score (nSPS) is 29.0. The lowest BCUT2D eigenvalue weighted by atomic mass is 9.56. The summed E-state index contributed by atoms with van der Waals surface area (Å²) >= 11 is 0. The molecule has 0 aromatic heterocycles. The van der Waals surface area contributed by atoms with Gasteiger partial charge in [0.1, 0.15) is 34.5 Å². The Morgan fingerprint density at radius 1 is 1.07 bits per heavy atom. The van der Waals surface area contributed by atoms with E-state index in [1.807, 2.05) is 0 Å². The highest BCUT2D eigenvalue weighted by Gasteiger charge is 2.67. The van der Waals surface area contributed by atoms with Gasteiger partial charge in [0, 0.05) is 12.0 Å². The molecule has 0 fully saturated rings. The SMILES string of the molecule is CN(C)[C@@H]1C(O)=C(C(N)=O)C(=O)[C@@]2(O)C(O)=C3C(=O)c4c(O)cccc4/C(=C\c4cc(F)cc(F)c4)[C@@H]3[C@@H](O)[C@H]12. The molecule has 5 rings (SSSR count). The first-order valence-corrected chi connectivity index (χ1v) is 12.0. The molecule has 10 nitrogen and oxygen atoms in total. The van der Waals surface area contributed by atoms with Crippen molar-refractivity contribution >= 4 is 29.1 Å². The van der Waals surface area contributed by atoms with Crippen LogP contribution in [0, 0.1) is 23.5 Å². The van der Waals surface area contributed by atoms with Crippen LogP contribution in [0.4, 0.5) is 8.78 Å². The average molecular weight is 555 g/mol. The first-order chi connectivity index (χ1) is 18.7. The fourth-order valence-corrected chi connectivity index (χ4v) is 6.15.